The maximum atomic E-state index is 12.6. The molecule has 12 nitrogen and oxygen atoms in total. The summed E-state index contributed by atoms with van der Waals surface area (Å²) in [6.45, 7) is 3.55. The quantitative estimate of drug-likeness (QED) is 0.293. The van der Waals surface area contributed by atoms with Gasteiger partial charge in [0.1, 0.15) is 40.2 Å². The Hall–Kier alpha value is -4.68. The van der Waals surface area contributed by atoms with Crippen molar-refractivity contribution in [2.75, 3.05) is 14.2 Å². The summed E-state index contributed by atoms with van der Waals surface area (Å²) < 4.78 is 21.2. The molecule has 0 unspecified atom stereocenters. The summed E-state index contributed by atoms with van der Waals surface area (Å²) in [5.74, 6) is -1.53. The van der Waals surface area contributed by atoms with Crippen molar-refractivity contribution in [2.24, 2.45) is 0 Å². The first-order chi connectivity index (χ1) is 23.8. The Kier molecular flexibility index (Phi) is 15.5. The van der Waals surface area contributed by atoms with Crippen LogP contribution in [0, 0.1) is 0 Å². The SMILES string of the molecule is COc1cc(O)c2c(c1)/C=C/C[C@H](O)[C@H](O)C(=O)CCC[C@H](C)OC2=O.COc1cc(O)cc2c1C(=O)O[C@@H](C)CCCCC/C=C/C(=O)C2. The number of aromatic hydroxyl groups is 2. The van der Waals surface area contributed by atoms with Gasteiger partial charge in [-0.25, -0.2) is 9.59 Å². The molecule has 272 valence electrons. The first-order valence-corrected chi connectivity index (χ1v) is 16.8. The number of rotatable bonds is 2. The molecule has 0 saturated heterocycles. The molecule has 0 fully saturated rings. The fourth-order valence-corrected chi connectivity index (χ4v) is 5.61. The fraction of sp³-hybridized carbons (Fsp3) is 0.474. The van der Waals surface area contributed by atoms with E-state index >= 15 is 0 Å². The van der Waals surface area contributed by atoms with Gasteiger partial charge in [-0.2, -0.15) is 0 Å². The third kappa shape index (κ3) is 11.7. The number of phenols is 2. The second-order valence-corrected chi connectivity index (χ2v) is 12.4. The molecule has 0 aliphatic carbocycles. The van der Waals surface area contributed by atoms with E-state index in [0.29, 0.717) is 29.7 Å². The Labute approximate surface area is 292 Å². The van der Waals surface area contributed by atoms with Crippen LogP contribution in [0.3, 0.4) is 0 Å². The highest BCUT2D eigenvalue weighted by Gasteiger charge is 2.26. The number of hydrogen-bond donors (Lipinski definition) is 4. The number of methoxy groups -OCH3 is 2. The van der Waals surface area contributed by atoms with Crippen molar-refractivity contribution in [1.82, 2.24) is 0 Å². The lowest BCUT2D eigenvalue weighted by molar-refractivity contribution is -0.132. The van der Waals surface area contributed by atoms with E-state index in [9.17, 15) is 39.6 Å². The smallest absolute Gasteiger partial charge is 0.342 e. The lowest BCUT2D eigenvalue weighted by atomic mass is 9.99. The van der Waals surface area contributed by atoms with Crippen LogP contribution in [0.15, 0.2) is 42.5 Å². The number of fused-ring (bicyclic) bond motifs is 2. The average Bonchev–Trinajstić information content (AvgIpc) is 3.06. The van der Waals surface area contributed by atoms with Crippen LogP contribution < -0.4 is 9.47 Å². The molecular formula is C38H48O12. The lowest BCUT2D eigenvalue weighted by Gasteiger charge is -2.18. The molecule has 12 heteroatoms. The zero-order chi connectivity index (χ0) is 36.8. The molecular weight excluding hydrogens is 648 g/mol. The summed E-state index contributed by atoms with van der Waals surface area (Å²) in [5.41, 5.74) is 0.970. The predicted molar refractivity (Wildman–Crippen MR) is 185 cm³/mol. The van der Waals surface area contributed by atoms with Crippen molar-refractivity contribution in [3.8, 4) is 23.0 Å². The molecule has 0 spiro atoms. The number of carbonyl (C=O) groups excluding carboxylic acids is 4. The van der Waals surface area contributed by atoms with Crippen LogP contribution >= 0.6 is 0 Å². The van der Waals surface area contributed by atoms with Crippen molar-refractivity contribution in [3.05, 3.63) is 64.7 Å². The van der Waals surface area contributed by atoms with Gasteiger partial charge in [-0.1, -0.05) is 24.6 Å². The first kappa shape index (κ1) is 39.8. The molecule has 2 aromatic rings. The molecule has 0 saturated carbocycles. The number of carbonyl (C=O) groups is 4. The highest BCUT2D eigenvalue weighted by Crippen LogP contribution is 2.32. The summed E-state index contributed by atoms with van der Waals surface area (Å²) in [5, 5.41) is 39.9. The van der Waals surface area contributed by atoms with Crippen molar-refractivity contribution >= 4 is 29.6 Å². The maximum absolute atomic E-state index is 12.6. The van der Waals surface area contributed by atoms with Gasteiger partial charge in [0.25, 0.3) is 0 Å². The topological polar surface area (TPSA) is 186 Å². The summed E-state index contributed by atoms with van der Waals surface area (Å²) in [7, 11) is 2.85. The fourth-order valence-electron chi connectivity index (χ4n) is 5.61. The molecule has 0 aromatic heterocycles. The Morgan fingerprint density at radius 3 is 2.12 bits per heavy atom. The number of hydrogen-bond acceptors (Lipinski definition) is 12. The van der Waals surface area contributed by atoms with E-state index in [1.54, 1.807) is 19.1 Å². The van der Waals surface area contributed by atoms with Gasteiger partial charge in [0.05, 0.1) is 32.5 Å². The number of phenolic OH excluding ortho intramolecular Hbond substituents is 2. The van der Waals surface area contributed by atoms with Crippen molar-refractivity contribution < 1.29 is 58.6 Å². The Bertz CT molecular complexity index is 1560. The highest BCUT2D eigenvalue weighted by atomic mass is 16.5. The Morgan fingerprint density at radius 2 is 1.44 bits per heavy atom. The monoisotopic (exact) mass is 696 g/mol. The second kappa shape index (κ2) is 19.5. The average molecular weight is 697 g/mol. The van der Waals surface area contributed by atoms with Crippen LogP contribution in [0.25, 0.3) is 6.08 Å². The number of cyclic esters (lactones) is 2. The van der Waals surface area contributed by atoms with Crippen LogP contribution in [-0.4, -0.2) is 82.6 Å². The van der Waals surface area contributed by atoms with Crippen LogP contribution in [-0.2, 0) is 25.5 Å². The van der Waals surface area contributed by atoms with Gasteiger partial charge < -0.3 is 39.4 Å². The van der Waals surface area contributed by atoms with E-state index in [2.05, 4.69) is 0 Å². The molecule has 4 N–H and O–H groups in total. The lowest BCUT2D eigenvalue weighted by Crippen LogP contribution is -2.33. The van der Waals surface area contributed by atoms with Crippen LogP contribution in [0.2, 0.25) is 0 Å². The van der Waals surface area contributed by atoms with Gasteiger partial charge in [0.2, 0.25) is 0 Å². The number of allylic oxidation sites excluding steroid dienone is 2. The maximum Gasteiger partial charge on any atom is 0.342 e. The van der Waals surface area contributed by atoms with Crippen molar-refractivity contribution in [2.45, 2.75) is 102 Å². The number of ether oxygens (including phenoxy) is 4. The van der Waals surface area contributed by atoms with Crippen LogP contribution in [0.5, 0.6) is 23.0 Å². The van der Waals surface area contributed by atoms with Gasteiger partial charge in [0.15, 0.2) is 11.6 Å². The Morgan fingerprint density at radius 1 is 0.760 bits per heavy atom. The molecule has 50 heavy (non-hydrogen) atoms. The van der Waals surface area contributed by atoms with E-state index < -0.39 is 36.0 Å². The predicted octanol–water partition coefficient (Wildman–Crippen LogP) is 5.40. The van der Waals surface area contributed by atoms with E-state index in [0.717, 1.165) is 32.1 Å². The van der Waals surface area contributed by atoms with Gasteiger partial charge in [-0.05, 0) is 88.1 Å². The standard InChI is InChI=1S/C19H24O7.C19H24O5/c1-11-5-3-7-14(20)18(23)15(21)8-4-6-12-9-13(25-2)10-16(22)17(12)19(24)26-11;1-13-8-6-4-3-5-7-9-15(20)10-14-11-16(21)12-17(23-2)18(14)19(22)24-13/h4,6,9-11,15,18,21-23H,3,5,7-8H2,1-2H3;7,9,11-13,21H,3-6,8,10H2,1-2H3/b6-4+;9-7+/t11-,15-,18+;13-/m00/s1. The molecule has 0 amide bonds. The van der Waals surface area contributed by atoms with E-state index in [1.807, 2.05) is 13.0 Å². The molecule has 4 atom stereocenters. The minimum absolute atomic E-state index is 0.00271. The largest absolute Gasteiger partial charge is 0.508 e. The summed E-state index contributed by atoms with van der Waals surface area (Å²) >= 11 is 0. The highest BCUT2D eigenvalue weighted by molar-refractivity contribution is 5.99. The number of aliphatic hydroxyl groups is 2. The van der Waals surface area contributed by atoms with Gasteiger partial charge in [-0.3, -0.25) is 9.59 Å². The zero-order valence-electron chi connectivity index (χ0n) is 29.1. The third-order valence-corrected chi connectivity index (χ3v) is 8.32. The molecule has 0 radical (unpaired) electrons. The number of ketones is 2. The molecule has 0 bridgehead atoms. The minimum Gasteiger partial charge on any atom is -0.508 e. The number of benzene rings is 2. The number of aliphatic hydroxyl groups excluding tert-OH is 2. The minimum atomic E-state index is -1.46. The summed E-state index contributed by atoms with van der Waals surface area (Å²) in [6.07, 6.45) is 8.66. The Balaban J connectivity index is 0.000000271. The van der Waals surface area contributed by atoms with Crippen molar-refractivity contribution in [1.29, 1.82) is 0 Å². The van der Waals surface area contributed by atoms with Crippen molar-refractivity contribution in [3.63, 3.8) is 0 Å². The van der Waals surface area contributed by atoms with Gasteiger partial charge in [0, 0.05) is 25.0 Å². The normalized spacial score (nSPS) is 24.0. The van der Waals surface area contributed by atoms with E-state index in [1.165, 1.54) is 44.6 Å². The third-order valence-electron chi connectivity index (χ3n) is 8.32. The van der Waals surface area contributed by atoms with Gasteiger partial charge in [-0.15, -0.1) is 0 Å². The zero-order valence-corrected chi connectivity index (χ0v) is 29.1. The summed E-state index contributed by atoms with van der Waals surface area (Å²) in [6, 6.07) is 5.64. The van der Waals surface area contributed by atoms with Gasteiger partial charge >= 0.3 is 11.9 Å². The van der Waals surface area contributed by atoms with E-state index in [-0.39, 0.29) is 59.5 Å². The van der Waals surface area contributed by atoms with Crippen LogP contribution in [0.4, 0.5) is 0 Å². The summed E-state index contributed by atoms with van der Waals surface area (Å²) in [4.78, 5) is 49.1. The first-order valence-electron chi connectivity index (χ1n) is 16.8. The molecule has 2 aliphatic rings. The number of Topliss-reactive ketones (excluding diaryl/α,β-unsaturated/α-hetero) is 1. The van der Waals surface area contributed by atoms with Crippen LogP contribution in [0.1, 0.15) is 103 Å². The molecule has 4 rings (SSSR count). The molecule has 2 aliphatic heterocycles. The van der Waals surface area contributed by atoms with E-state index in [4.69, 9.17) is 18.9 Å². The molecule has 2 heterocycles. The number of esters is 2. The molecule has 2 aromatic carbocycles. The second-order valence-electron chi connectivity index (χ2n) is 12.4.